The van der Waals surface area contributed by atoms with Crippen molar-refractivity contribution in [3.63, 3.8) is 0 Å². The molecular weight excluding hydrogens is 278 g/mol. The van der Waals surface area contributed by atoms with Gasteiger partial charge >= 0.3 is 0 Å². The van der Waals surface area contributed by atoms with Crippen molar-refractivity contribution in [2.24, 2.45) is 5.73 Å². The summed E-state index contributed by atoms with van der Waals surface area (Å²) < 4.78 is 0. The van der Waals surface area contributed by atoms with Gasteiger partial charge in [0.15, 0.2) is 0 Å². The van der Waals surface area contributed by atoms with Crippen LogP contribution in [0.3, 0.4) is 0 Å². The highest BCUT2D eigenvalue weighted by atomic mass is 32.1. The number of fused-ring (bicyclic) bond motifs is 1. The van der Waals surface area contributed by atoms with E-state index in [9.17, 15) is 0 Å². The van der Waals surface area contributed by atoms with E-state index < -0.39 is 0 Å². The fourth-order valence-electron chi connectivity index (χ4n) is 2.73. The number of nitrogens with one attached hydrogen (secondary N) is 1. The van der Waals surface area contributed by atoms with Crippen molar-refractivity contribution in [1.82, 2.24) is 4.98 Å². The van der Waals surface area contributed by atoms with Gasteiger partial charge in [0.25, 0.3) is 0 Å². The molecule has 112 valence electrons. The van der Waals surface area contributed by atoms with Crippen molar-refractivity contribution in [1.29, 1.82) is 0 Å². The van der Waals surface area contributed by atoms with E-state index in [0.717, 1.165) is 41.5 Å². The summed E-state index contributed by atoms with van der Waals surface area (Å²) in [5.41, 5.74) is 7.76. The lowest BCUT2D eigenvalue weighted by Crippen LogP contribution is -2.36. The lowest BCUT2D eigenvalue weighted by atomic mass is 9.90. The predicted octanol–water partition coefficient (Wildman–Crippen LogP) is 4.25. The van der Waals surface area contributed by atoms with Crippen molar-refractivity contribution in [2.75, 3.05) is 5.32 Å². The third-order valence-corrected chi connectivity index (χ3v) is 4.63. The summed E-state index contributed by atoms with van der Waals surface area (Å²) in [6.45, 7) is 6.61. The number of hydrogen-bond acceptors (Lipinski definition) is 3. The summed E-state index contributed by atoms with van der Waals surface area (Å²) >= 11 is 5.20. The average Bonchev–Trinajstić information content (AvgIpc) is 2.52. The summed E-state index contributed by atoms with van der Waals surface area (Å²) in [4.78, 5) is 5.13. The highest BCUT2D eigenvalue weighted by Crippen LogP contribution is 2.27. The molecule has 0 atom stereocenters. The Hall–Kier alpha value is -1.68. The zero-order valence-corrected chi connectivity index (χ0v) is 13.8. The Kier molecular flexibility index (Phi) is 4.78. The number of para-hydroxylation sites is 1. The van der Waals surface area contributed by atoms with Gasteiger partial charge in [-0.1, -0.05) is 51.2 Å². The summed E-state index contributed by atoms with van der Waals surface area (Å²) in [7, 11) is 0. The standard InChI is InChI=1S/C17H23N3S/c1-4-17(5-2,6-3)20-15-11-13(16(18)21)12-9-7-8-10-14(12)19-15/h7-11H,4-6H2,1-3H3,(H2,18,21)(H,19,20). The molecule has 0 fully saturated rings. The van der Waals surface area contributed by atoms with Crippen LogP contribution in [-0.4, -0.2) is 15.5 Å². The Morgan fingerprint density at radius 3 is 2.38 bits per heavy atom. The van der Waals surface area contributed by atoms with Crippen LogP contribution in [0.2, 0.25) is 0 Å². The molecule has 0 bridgehead atoms. The molecule has 3 N–H and O–H groups in total. The first-order valence-corrected chi connectivity index (χ1v) is 7.93. The van der Waals surface area contributed by atoms with Gasteiger partial charge in [0.2, 0.25) is 0 Å². The van der Waals surface area contributed by atoms with E-state index in [1.165, 1.54) is 0 Å². The number of pyridine rings is 1. The minimum Gasteiger partial charge on any atom is -0.389 e. The van der Waals surface area contributed by atoms with Gasteiger partial charge in [0.05, 0.1) is 5.52 Å². The monoisotopic (exact) mass is 301 g/mol. The lowest BCUT2D eigenvalue weighted by Gasteiger charge is -2.32. The van der Waals surface area contributed by atoms with Gasteiger partial charge in [0.1, 0.15) is 10.8 Å². The van der Waals surface area contributed by atoms with E-state index in [4.69, 9.17) is 22.9 Å². The number of nitrogens with zero attached hydrogens (tertiary/aromatic N) is 1. The van der Waals surface area contributed by atoms with Crippen molar-refractivity contribution in [3.8, 4) is 0 Å². The number of thiocarbonyl (C=S) groups is 1. The molecule has 0 radical (unpaired) electrons. The average molecular weight is 301 g/mol. The van der Waals surface area contributed by atoms with E-state index in [1.54, 1.807) is 0 Å². The van der Waals surface area contributed by atoms with Crippen LogP contribution in [0.15, 0.2) is 30.3 Å². The zero-order chi connectivity index (χ0) is 15.5. The summed E-state index contributed by atoms with van der Waals surface area (Å²) in [5, 5.41) is 4.61. The second-order valence-corrected chi connectivity index (χ2v) is 5.84. The number of benzene rings is 1. The fraction of sp³-hybridized carbons (Fsp3) is 0.412. The molecule has 0 unspecified atom stereocenters. The number of aromatic nitrogens is 1. The number of hydrogen-bond donors (Lipinski definition) is 2. The molecule has 0 spiro atoms. The number of rotatable bonds is 6. The second kappa shape index (κ2) is 6.39. The maximum Gasteiger partial charge on any atom is 0.127 e. The van der Waals surface area contributed by atoms with Crippen LogP contribution in [0.5, 0.6) is 0 Å². The first-order chi connectivity index (χ1) is 10.0. The molecule has 1 heterocycles. The van der Waals surface area contributed by atoms with Crippen molar-refractivity contribution in [3.05, 3.63) is 35.9 Å². The molecule has 1 aromatic heterocycles. The lowest BCUT2D eigenvalue weighted by molar-refractivity contribution is 0.419. The van der Waals surface area contributed by atoms with Crippen molar-refractivity contribution >= 4 is 33.9 Å². The Balaban J connectivity index is 2.53. The van der Waals surface area contributed by atoms with Crippen LogP contribution in [0.1, 0.15) is 45.6 Å². The van der Waals surface area contributed by atoms with Crippen LogP contribution in [-0.2, 0) is 0 Å². The largest absolute Gasteiger partial charge is 0.389 e. The van der Waals surface area contributed by atoms with E-state index in [1.807, 2.05) is 30.3 Å². The van der Waals surface area contributed by atoms with Crippen molar-refractivity contribution < 1.29 is 0 Å². The third-order valence-electron chi connectivity index (χ3n) is 4.41. The normalized spacial score (nSPS) is 11.6. The summed E-state index contributed by atoms with van der Waals surface area (Å²) in [6.07, 6.45) is 3.16. The van der Waals surface area contributed by atoms with Crippen LogP contribution < -0.4 is 11.1 Å². The van der Waals surface area contributed by atoms with Gasteiger partial charge in [0, 0.05) is 16.5 Å². The maximum atomic E-state index is 5.89. The number of anilines is 1. The molecule has 0 saturated heterocycles. The van der Waals surface area contributed by atoms with Crippen LogP contribution >= 0.6 is 12.2 Å². The molecule has 21 heavy (non-hydrogen) atoms. The topological polar surface area (TPSA) is 50.9 Å². The third kappa shape index (κ3) is 3.16. The van der Waals surface area contributed by atoms with E-state index in [2.05, 4.69) is 26.1 Å². The molecular formula is C17H23N3S. The zero-order valence-electron chi connectivity index (χ0n) is 12.9. The minimum absolute atomic E-state index is 0.0724. The predicted molar refractivity (Wildman–Crippen MR) is 94.9 cm³/mol. The molecule has 4 heteroatoms. The SMILES string of the molecule is CCC(CC)(CC)Nc1cc(C(N)=S)c2ccccc2n1. The quantitative estimate of drug-likeness (QED) is 0.783. The van der Waals surface area contributed by atoms with Crippen LogP contribution in [0.25, 0.3) is 10.9 Å². The Bertz CT molecular complexity index is 639. The van der Waals surface area contributed by atoms with Crippen LogP contribution in [0.4, 0.5) is 5.82 Å². The van der Waals surface area contributed by atoms with Gasteiger partial charge in [-0.2, -0.15) is 0 Å². The molecule has 0 aliphatic heterocycles. The first kappa shape index (κ1) is 15.7. The molecule has 3 nitrogen and oxygen atoms in total. The highest BCUT2D eigenvalue weighted by molar-refractivity contribution is 7.80. The smallest absolute Gasteiger partial charge is 0.127 e. The highest BCUT2D eigenvalue weighted by Gasteiger charge is 2.24. The van der Waals surface area contributed by atoms with Gasteiger partial charge in [-0.15, -0.1) is 0 Å². The maximum absolute atomic E-state index is 5.89. The molecule has 2 aromatic rings. The van der Waals surface area contributed by atoms with Gasteiger partial charge in [-0.25, -0.2) is 4.98 Å². The number of nitrogens with two attached hydrogens (primary N) is 1. The Morgan fingerprint density at radius 1 is 1.19 bits per heavy atom. The molecule has 0 amide bonds. The molecule has 1 aromatic carbocycles. The Morgan fingerprint density at radius 2 is 1.81 bits per heavy atom. The molecule has 0 saturated carbocycles. The minimum atomic E-state index is 0.0724. The van der Waals surface area contributed by atoms with E-state index in [0.29, 0.717) is 4.99 Å². The van der Waals surface area contributed by atoms with E-state index in [-0.39, 0.29) is 5.54 Å². The summed E-state index contributed by atoms with van der Waals surface area (Å²) in [5.74, 6) is 0.849. The van der Waals surface area contributed by atoms with E-state index >= 15 is 0 Å². The second-order valence-electron chi connectivity index (χ2n) is 5.40. The molecule has 2 rings (SSSR count). The fourth-order valence-corrected chi connectivity index (χ4v) is 2.90. The summed E-state index contributed by atoms with van der Waals surface area (Å²) in [6, 6.07) is 9.93. The van der Waals surface area contributed by atoms with Gasteiger partial charge < -0.3 is 11.1 Å². The van der Waals surface area contributed by atoms with Crippen molar-refractivity contribution in [2.45, 2.75) is 45.6 Å². The molecule has 0 aliphatic rings. The molecule has 0 aliphatic carbocycles. The van der Waals surface area contributed by atoms with Gasteiger partial charge in [-0.3, -0.25) is 0 Å². The van der Waals surface area contributed by atoms with Crippen LogP contribution in [0, 0.1) is 0 Å². The Labute approximate surface area is 132 Å². The first-order valence-electron chi connectivity index (χ1n) is 7.53. The van der Waals surface area contributed by atoms with Gasteiger partial charge in [-0.05, 0) is 31.4 Å².